The summed E-state index contributed by atoms with van der Waals surface area (Å²) in [5.41, 5.74) is 1.55. The van der Waals surface area contributed by atoms with E-state index in [-0.39, 0.29) is 5.82 Å². The van der Waals surface area contributed by atoms with E-state index in [0.29, 0.717) is 0 Å². The summed E-state index contributed by atoms with van der Waals surface area (Å²) in [7, 11) is 0. The third kappa shape index (κ3) is 2.46. The number of aromatic amines is 1. The third-order valence-electron chi connectivity index (χ3n) is 2.32. The number of halogens is 1. The van der Waals surface area contributed by atoms with E-state index in [4.69, 9.17) is 0 Å². The summed E-state index contributed by atoms with van der Waals surface area (Å²) in [5, 5.41) is 3.19. The molecule has 0 bridgehead atoms. The van der Waals surface area contributed by atoms with Crippen molar-refractivity contribution < 1.29 is 4.39 Å². The molecule has 0 saturated heterocycles. The second kappa shape index (κ2) is 4.90. The molecule has 0 amide bonds. The summed E-state index contributed by atoms with van der Waals surface area (Å²) >= 11 is 0. The quantitative estimate of drug-likeness (QED) is 0.596. The zero-order valence-corrected chi connectivity index (χ0v) is 8.96. The highest BCUT2D eigenvalue weighted by Gasteiger charge is 2.02. The van der Waals surface area contributed by atoms with E-state index in [0.717, 1.165) is 36.4 Å². The van der Waals surface area contributed by atoms with Gasteiger partial charge in [0.05, 0.1) is 11.0 Å². The summed E-state index contributed by atoms with van der Waals surface area (Å²) in [6, 6.07) is 4.56. The van der Waals surface area contributed by atoms with E-state index in [2.05, 4.69) is 21.9 Å². The molecule has 2 N–H and O–H groups in total. The minimum absolute atomic E-state index is 0.243. The molecule has 1 heterocycles. The molecule has 0 fully saturated rings. The smallest absolute Gasteiger partial charge is 0.125 e. The molecule has 16 heavy (non-hydrogen) atoms. The van der Waals surface area contributed by atoms with Crippen LogP contribution in [0.2, 0.25) is 0 Å². The zero-order valence-electron chi connectivity index (χ0n) is 8.96. The maximum absolute atomic E-state index is 12.9. The van der Waals surface area contributed by atoms with Crippen LogP contribution < -0.4 is 5.32 Å². The largest absolute Gasteiger partial charge is 0.342 e. The number of aromatic nitrogens is 2. The summed E-state index contributed by atoms with van der Waals surface area (Å²) in [6.45, 7) is 5.24. The van der Waals surface area contributed by atoms with Gasteiger partial charge in [0, 0.05) is 19.5 Å². The lowest BCUT2D eigenvalue weighted by atomic mass is 10.3. The van der Waals surface area contributed by atoms with Gasteiger partial charge in [0.1, 0.15) is 11.6 Å². The van der Waals surface area contributed by atoms with Crippen molar-refractivity contribution in [2.75, 3.05) is 13.1 Å². The maximum atomic E-state index is 12.9. The Morgan fingerprint density at radius 3 is 3.19 bits per heavy atom. The van der Waals surface area contributed by atoms with Crippen LogP contribution >= 0.6 is 0 Å². The van der Waals surface area contributed by atoms with Crippen molar-refractivity contribution in [1.29, 1.82) is 0 Å². The summed E-state index contributed by atoms with van der Waals surface area (Å²) in [6.07, 6.45) is 2.61. The Morgan fingerprint density at radius 2 is 2.38 bits per heavy atom. The normalized spacial score (nSPS) is 10.8. The average molecular weight is 219 g/mol. The van der Waals surface area contributed by atoms with Crippen LogP contribution in [0, 0.1) is 5.82 Å². The Hall–Kier alpha value is -1.68. The number of nitrogens with one attached hydrogen (secondary N) is 2. The van der Waals surface area contributed by atoms with Gasteiger partial charge in [0.25, 0.3) is 0 Å². The summed E-state index contributed by atoms with van der Waals surface area (Å²) in [4.78, 5) is 7.46. The monoisotopic (exact) mass is 219 g/mol. The minimum Gasteiger partial charge on any atom is -0.342 e. The molecule has 0 aliphatic rings. The molecule has 1 aromatic heterocycles. The highest BCUT2D eigenvalue weighted by Crippen LogP contribution is 2.12. The van der Waals surface area contributed by atoms with Gasteiger partial charge in [-0.3, -0.25) is 0 Å². The first-order valence-corrected chi connectivity index (χ1v) is 5.25. The Labute approximate surface area is 93.4 Å². The van der Waals surface area contributed by atoms with E-state index >= 15 is 0 Å². The van der Waals surface area contributed by atoms with Crippen molar-refractivity contribution in [3.63, 3.8) is 0 Å². The number of imidazole rings is 1. The van der Waals surface area contributed by atoms with Crippen molar-refractivity contribution in [2.24, 2.45) is 0 Å². The Bertz CT molecular complexity index is 490. The summed E-state index contributed by atoms with van der Waals surface area (Å²) < 4.78 is 12.9. The van der Waals surface area contributed by atoms with E-state index < -0.39 is 0 Å². The average Bonchev–Trinajstić information content (AvgIpc) is 2.66. The van der Waals surface area contributed by atoms with E-state index in [1.807, 2.05) is 6.08 Å². The van der Waals surface area contributed by atoms with E-state index in [1.165, 1.54) is 12.1 Å². The van der Waals surface area contributed by atoms with Gasteiger partial charge in [-0.1, -0.05) is 6.08 Å². The molecule has 1 aromatic carbocycles. The van der Waals surface area contributed by atoms with Crippen LogP contribution in [-0.4, -0.2) is 23.1 Å². The highest BCUT2D eigenvalue weighted by molar-refractivity contribution is 5.74. The van der Waals surface area contributed by atoms with E-state index in [1.54, 1.807) is 6.07 Å². The Balaban J connectivity index is 2.05. The highest BCUT2D eigenvalue weighted by atomic mass is 19.1. The van der Waals surface area contributed by atoms with Crippen molar-refractivity contribution in [1.82, 2.24) is 15.3 Å². The van der Waals surface area contributed by atoms with Crippen LogP contribution in [-0.2, 0) is 6.42 Å². The standard InChI is InChI=1S/C12H14FN3/c1-2-6-14-7-5-12-15-10-4-3-9(13)8-11(10)16-12/h2-4,8,14H,1,5-7H2,(H,15,16). The van der Waals surface area contributed by atoms with Gasteiger partial charge in [-0.2, -0.15) is 0 Å². The van der Waals surface area contributed by atoms with Crippen LogP contribution in [0.15, 0.2) is 30.9 Å². The molecule has 2 aromatic rings. The second-order valence-corrected chi connectivity index (χ2v) is 3.59. The van der Waals surface area contributed by atoms with Gasteiger partial charge in [-0.05, 0) is 18.2 Å². The first-order valence-electron chi connectivity index (χ1n) is 5.25. The third-order valence-corrected chi connectivity index (χ3v) is 2.32. The van der Waals surface area contributed by atoms with Crippen LogP contribution in [0.4, 0.5) is 4.39 Å². The van der Waals surface area contributed by atoms with Crippen LogP contribution in [0.5, 0.6) is 0 Å². The number of hydrogen-bond acceptors (Lipinski definition) is 2. The second-order valence-electron chi connectivity index (χ2n) is 3.59. The molecule has 0 radical (unpaired) electrons. The van der Waals surface area contributed by atoms with Crippen molar-refractivity contribution in [3.05, 3.63) is 42.5 Å². The lowest BCUT2D eigenvalue weighted by molar-refractivity contribution is 0.629. The summed E-state index contributed by atoms with van der Waals surface area (Å²) in [5.74, 6) is 0.629. The maximum Gasteiger partial charge on any atom is 0.125 e. The fourth-order valence-electron chi connectivity index (χ4n) is 1.56. The van der Waals surface area contributed by atoms with Gasteiger partial charge in [0.2, 0.25) is 0 Å². The van der Waals surface area contributed by atoms with Gasteiger partial charge in [0.15, 0.2) is 0 Å². The van der Waals surface area contributed by atoms with Gasteiger partial charge in [-0.25, -0.2) is 9.37 Å². The number of fused-ring (bicyclic) bond motifs is 1. The van der Waals surface area contributed by atoms with Crippen LogP contribution in [0.25, 0.3) is 11.0 Å². The fraction of sp³-hybridized carbons (Fsp3) is 0.250. The first-order chi connectivity index (χ1) is 7.79. The van der Waals surface area contributed by atoms with Crippen LogP contribution in [0.1, 0.15) is 5.82 Å². The SMILES string of the molecule is C=CCNCCc1nc2ccc(F)cc2[nH]1. The van der Waals surface area contributed by atoms with Crippen molar-refractivity contribution in [2.45, 2.75) is 6.42 Å². The molecule has 84 valence electrons. The molecule has 4 heteroatoms. The molecule has 2 rings (SSSR count). The fourth-order valence-corrected chi connectivity index (χ4v) is 1.56. The molecule has 0 spiro atoms. The lowest BCUT2D eigenvalue weighted by Gasteiger charge is -1.97. The Morgan fingerprint density at radius 1 is 1.50 bits per heavy atom. The van der Waals surface area contributed by atoms with Crippen LogP contribution in [0.3, 0.4) is 0 Å². The van der Waals surface area contributed by atoms with E-state index in [9.17, 15) is 4.39 Å². The molecular weight excluding hydrogens is 205 g/mol. The molecule has 0 unspecified atom stereocenters. The zero-order chi connectivity index (χ0) is 11.4. The van der Waals surface area contributed by atoms with Gasteiger partial charge < -0.3 is 10.3 Å². The van der Waals surface area contributed by atoms with Gasteiger partial charge >= 0.3 is 0 Å². The predicted octanol–water partition coefficient (Wildman–Crippen LogP) is 2.02. The topological polar surface area (TPSA) is 40.7 Å². The van der Waals surface area contributed by atoms with Gasteiger partial charge in [-0.15, -0.1) is 6.58 Å². The number of hydrogen-bond donors (Lipinski definition) is 2. The van der Waals surface area contributed by atoms with Crippen molar-refractivity contribution in [3.8, 4) is 0 Å². The number of H-pyrrole nitrogens is 1. The predicted molar refractivity (Wildman–Crippen MR) is 62.8 cm³/mol. The Kier molecular flexibility index (Phi) is 3.31. The lowest BCUT2D eigenvalue weighted by Crippen LogP contribution is -2.17. The minimum atomic E-state index is -0.243. The molecule has 0 atom stereocenters. The van der Waals surface area contributed by atoms with Crippen molar-refractivity contribution >= 4 is 11.0 Å². The number of rotatable bonds is 5. The molecule has 0 aliphatic heterocycles. The first kappa shape index (κ1) is 10.8. The number of nitrogens with zero attached hydrogens (tertiary/aromatic N) is 1. The molecule has 0 saturated carbocycles. The molecular formula is C12H14FN3. The number of benzene rings is 1. The molecule has 0 aliphatic carbocycles. The molecule has 3 nitrogen and oxygen atoms in total.